The lowest BCUT2D eigenvalue weighted by molar-refractivity contribution is -0.117. The van der Waals surface area contributed by atoms with Crippen LogP contribution in [-0.2, 0) is 24.3 Å². The summed E-state index contributed by atoms with van der Waals surface area (Å²) in [7, 11) is 1.63. The molecule has 214 valence electrons. The number of methoxy groups -OCH3 is 1. The highest BCUT2D eigenvalue weighted by molar-refractivity contribution is 6.08. The van der Waals surface area contributed by atoms with Gasteiger partial charge in [0.15, 0.2) is 0 Å². The summed E-state index contributed by atoms with van der Waals surface area (Å²) in [6, 6.07) is 20.6. The molecule has 4 aromatic rings. The number of carbonyl (C=O) groups is 2. The zero-order valence-corrected chi connectivity index (χ0v) is 23.5. The summed E-state index contributed by atoms with van der Waals surface area (Å²) >= 11 is 0. The lowest BCUT2D eigenvalue weighted by atomic mass is 10.00. The van der Waals surface area contributed by atoms with Crippen LogP contribution in [0.3, 0.4) is 0 Å². The van der Waals surface area contributed by atoms with Crippen molar-refractivity contribution in [1.29, 1.82) is 0 Å². The summed E-state index contributed by atoms with van der Waals surface area (Å²) in [6.45, 7) is 4.07. The SMILES string of the molecule is CCn1ncc2c(N3CCCC3=O)cc(C(=O)N[C@@H](Cc3ccccc3)[C@H](O)CNCc3cccc(OC)c3)cc21. The first kappa shape index (κ1) is 28.3. The van der Waals surface area contributed by atoms with Crippen molar-refractivity contribution < 1.29 is 19.4 Å². The van der Waals surface area contributed by atoms with Crippen LogP contribution in [0.15, 0.2) is 72.9 Å². The van der Waals surface area contributed by atoms with Gasteiger partial charge in [0.2, 0.25) is 5.91 Å². The van der Waals surface area contributed by atoms with Gasteiger partial charge in [0, 0.05) is 43.5 Å². The van der Waals surface area contributed by atoms with Gasteiger partial charge in [-0.1, -0.05) is 42.5 Å². The monoisotopic (exact) mass is 555 g/mol. The molecule has 5 rings (SSSR count). The van der Waals surface area contributed by atoms with Crippen LogP contribution in [0.5, 0.6) is 5.75 Å². The number of amides is 2. The first-order valence-corrected chi connectivity index (χ1v) is 14.1. The van der Waals surface area contributed by atoms with Gasteiger partial charge >= 0.3 is 0 Å². The maximum atomic E-state index is 13.7. The minimum atomic E-state index is -0.853. The van der Waals surface area contributed by atoms with Crippen LogP contribution in [-0.4, -0.2) is 59.0 Å². The van der Waals surface area contributed by atoms with Crippen LogP contribution in [0, 0.1) is 0 Å². The van der Waals surface area contributed by atoms with Gasteiger partial charge in [-0.25, -0.2) is 0 Å². The highest BCUT2D eigenvalue weighted by Crippen LogP contribution is 2.32. The van der Waals surface area contributed by atoms with Crippen LogP contribution in [0.2, 0.25) is 0 Å². The highest BCUT2D eigenvalue weighted by Gasteiger charge is 2.27. The second-order valence-electron chi connectivity index (χ2n) is 10.4. The van der Waals surface area contributed by atoms with Crippen molar-refractivity contribution in [2.75, 3.05) is 25.1 Å². The first-order chi connectivity index (χ1) is 20.0. The second kappa shape index (κ2) is 13.0. The molecule has 9 heteroatoms. The molecule has 0 spiro atoms. The van der Waals surface area contributed by atoms with Gasteiger partial charge in [-0.3, -0.25) is 14.3 Å². The number of aromatic nitrogens is 2. The summed E-state index contributed by atoms with van der Waals surface area (Å²) in [6.07, 6.45) is 2.65. The summed E-state index contributed by atoms with van der Waals surface area (Å²) in [5, 5.41) is 23.0. The number of ether oxygens (including phenoxy) is 1. The molecule has 0 unspecified atom stereocenters. The minimum Gasteiger partial charge on any atom is -0.497 e. The van der Waals surface area contributed by atoms with Gasteiger partial charge in [0.1, 0.15) is 5.75 Å². The summed E-state index contributed by atoms with van der Waals surface area (Å²) in [5.74, 6) is 0.513. The molecule has 1 aliphatic heterocycles. The van der Waals surface area contributed by atoms with Crippen molar-refractivity contribution in [3.8, 4) is 5.75 Å². The molecule has 0 saturated carbocycles. The molecule has 1 aromatic heterocycles. The maximum Gasteiger partial charge on any atom is 0.251 e. The zero-order chi connectivity index (χ0) is 28.8. The Morgan fingerprint density at radius 1 is 1.10 bits per heavy atom. The predicted molar refractivity (Wildman–Crippen MR) is 159 cm³/mol. The smallest absolute Gasteiger partial charge is 0.251 e. The third-order valence-electron chi connectivity index (χ3n) is 7.56. The van der Waals surface area contributed by atoms with E-state index in [0.29, 0.717) is 43.7 Å². The molecule has 9 nitrogen and oxygen atoms in total. The normalized spacial score (nSPS) is 14.8. The Morgan fingerprint density at radius 3 is 2.63 bits per heavy atom. The van der Waals surface area contributed by atoms with Gasteiger partial charge in [0.25, 0.3) is 5.91 Å². The average Bonchev–Trinajstić information content (AvgIpc) is 3.62. The molecule has 0 aliphatic carbocycles. The number of aliphatic hydroxyl groups excluding tert-OH is 1. The van der Waals surface area contributed by atoms with E-state index in [1.165, 1.54) is 0 Å². The molecule has 1 fully saturated rings. The molecule has 0 bridgehead atoms. The van der Waals surface area contributed by atoms with Crippen LogP contribution in [0.25, 0.3) is 10.9 Å². The first-order valence-electron chi connectivity index (χ1n) is 14.1. The van der Waals surface area contributed by atoms with Gasteiger partial charge in [0.05, 0.1) is 36.7 Å². The number of benzene rings is 3. The number of anilines is 1. The molecule has 0 radical (unpaired) electrons. The number of hydrogen-bond acceptors (Lipinski definition) is 6. The van der Waals surface area contributed by atoms with Gasteiger partial charge in [-0.15, -0.1) is 0 Å². The number of fused-ring (bicyclic) bond motifs is 1. The van der Waals surface area contributed by atoms with Crippen LogP contribution < -0.4 is 20.3 Å². The summed E-state index contributed by atoms with van der Waals surface area (Å²) < 4.78 is 7.13. The minimum absolute atomic E-state index is 0.0487. The fraction of sp³-hybridized carbons (Fsp3) is 0.344. The lowest BCUT2D eigenvalue weighted by Gasteiger charge is -2.25. The van der Waals surface area contributed by atoms with E-state index in [9.17, 15) is 14.7 Å². The molecule has 3 N–H and O–H groups in total. The number of aliphatic hydroxyl groups is 1. The van der Waals surface area contributed by atoms with Crippen LogP contribution in [0.1, 0.15) is 41.3 Å². The Kier molecular flexibility index (Phi) is 8.96. The summed E-state index contributed by atoms with van der Waals surface area (Å²) in [4.78, 5) is 28.1. The van der Waals surface area contributed by atoms with E-state index < -0.39 is 12.1 Å². The molecule has 2 amide bonds. The molecule has 1 saturated heterocycles. The highest BCUT2D eigenvalue weighted by atomic mass is 16.5. The van der Waals surface area contributed by atoms with Crippen molar-refractivity contribution >= 4 is 28.4 Å². The van der Waals surface area contributed by atoms with Crippen molar-refractivity contribution in [1.82, 2.24) is 20.4 Å². The van der Waals surface area contributed by atoms with E-state index >= 15 is 0 Å². The Balaban J connectivity index is 1.37. The standard InChI is InChI=1S/C32H37N5O4/c1-3-37-29-18-24(17-28(26(29)20-34-37)36-14-8-13-31(36)39)32(40)35-27(16-22-9-5-4-6-10-22)30(38)21-33-19-23-11-7-12-25(15-23)41-2/h4-7,9-12,15,17-18,20,27,30,33,38H,3,8,13-14,16,19,21H2,1-2H3,(H,35,40)/t27-,30+/m0/s1. The molecular weight excluding hydrogens is 518 g/mol. The molecule has 1 aliphatic rings. The van der Waals surface area contributed by atoms with E-state index in [4.69, 9.17) is 4.74 Å². The largest absolute Gasteiger partial charge is 0.497 e. The topological polar surface area (TPSA) is 109 Å². The van der Waals surface area contributed by atoms with Gasteiger partial charge in [-0.2, -0.15) is 5.10 Å². The van der Waals surface area contributed by atoms with Crippen molar-refractivity contribution in [3.05, 3.63) is 89.6 Å². The Morgan fingerprint density at radius 2 is 1.90 bits per heavy atom. The molecule has 3 aromatic carbocycles. The average molecular weight is 556 g/mol. The maximum absolute atomic E-state index is 13.7. The number of nitrogens with zero attached hydrogens (tertiary/aromatic N) is 3. The Labute approximate surface area is 240 Å². The fourth-order valence-corrected chi connectivity index (χ4v) is 5.36. The molecular formula is C32H37N5O4. The number of hydrogen-bond donors (Lipinski definition) is 3. The summed E-state index contributed by atoms with van der Waals surface area (Å²) in [5.41, 5.74) is 3.97. The van der Waals surface area contributed by atoms with Crippen molar-refractivity contribution in [3.63, 3.8) is 0 Å². The van der Waals surface area contributed by atoms with E-state index in [1.807, 2.05) is 72.3 Å². The van der Waals surface area contributed by atoms with Crippen molar-refractivity contribution in [2.24, 2.45) is 0 Å². The molecule has 2 atom stereocenters. The van der Waals surface area contributed by atoms with Gasteiger partial charge < -0.3 is 25.4 Å². The Hall–Kier alpha value is -4.21. The second-order valence-corrected chi connectivity index (χ2v) is 10.4. The van der Waals surface area contributed by atoms with Crippen LogP contribution >= 0.6 is 0 Å². The predicted octanol–water partition coefficient (Wildman–Crippen LogP) is 3.68. The number of nitrogens with one attached hydrogen (secondary N) is 2. The third kappa shape index (κ3) is 6.58. The molecule has 41 heavy (non-hydrogen) atoms. The van der Waals surface area contributed by atoms with E-state index in [-0.39, 0.29) is 18.4 Å². The van der Waals surface area contributed by atoms with E-state index in [1.54, 1.807) is 24.3 Å². The lowest BCUT2D eigenvalue weighted by Crippen LogP contribution is -2.48. The van der Waals surface area contributed by atoms with E-state index in [0.717, 1.165) is 34.2 Å². The number of aryl methyl sites for hydroxylation is 1. The number of carbonyl (C=O) groups excluding carboxylic acids is 2. The van der Waals surface area contributed by atoms with Crippen LogP contribution in [0.4, 0.5) is 5.69 Å². The number of rotatable bonds is 12. The quantitative estimate of drug-likeness (QED) is 0.246. The molecule has 2 heterocycles. The van der Waals surface area contributed by atoms with E-state index in [2.05, 4.69) is 15.7 Å². The third-order valence-corrected chi connectivity index (χ3v) is 7.56. The Bertz CT molecular complexity index is 1500. The zero-order valence-electron chi connectivity index (χ0n) is 23.5. The van der Waals surface area contributed by atoms with Gasteiger partial charge in [-0.05, 0) is 55.2 Å². The fourth-order valence-electron chi connectivity index (χ4n) is 5.36. The van der Waals surface area contributed by atoms with Crippen molar-refractivity contribution in [2.45, 2.75) is 51.4 Å².